The number of piperidine rings is 1. The molecule has 0 aliphatic carbocycles. The molecule has 0 bridgehead atoms. The summed E-state index contributed by atoms with van der Waals surface area (Å²) in [7, 11) is 0. The van der Waals surface area contributed by atoms with Gasteiger partial charge in [0.1, 0.15) is 0 Å². The van der Waals surface area contributed by atoms with Crippen molar-refractivity contribution in [2.45, 2.75) is 76.9 Å². The number of unbranched alkanes of at least 4 members (excludes halogenated alkanes) is 5. The van der Waals surface area contributed by atoms with Crippen LogP contribution in [-0.2, 0) is 6.42 Å². The monoisotopic (exact) mass is 528 g/mol. The van der Waals surface area contributed by atoms with Gasteiger partial charge in [0, 0.05) is 42.9 Å². The first-order valence-electron chi connectivity index (χ1n) is 14.1. The molecule has 1 aliphatic heterocycles. The van der Waals surface area contributed by atoms with Crippen molar-refractivity contribution < 1.29 is 9.90 Å². The number of likely N-dealkylation sites (tertiary alicyclic amines) is 1. The van der Waals surface area contributed by atoms with Crippen LogP contribution >= 0.6 is 11.6 Å². The number of carbonyl (C=O) groups excluding carboxylic acids is 1. The molecule has 204 valence electrons. The van der Waals surface area contributed by atoms with Gasteiger partial charge in [-0.1, -0.05) is 74.9 Å². The van der Waals surface area contributed by atoms with E-state index in [0.717, 1.165) is 63.1 Å². The van der Waals surface area contributed by atoms with Crippen molar-refractivity contribution in [2.24, 2.45) is 0 Å². The molecule has 1 fully saturated rings. The number of rotatable bonds is 15. The number of nitrogens with one attached hydrogen (secondary N) is 3. The third-order valence-electron chi connectivity index (χ3n) is 7.08. The Hall–Kier alpha value is -2.28. The van der Waals surface area contributed by atoms with E-state index in [1.54, 1.807) is 6.07 Å². The molecular formula is C30H45ClN4O2. The van der Waals surface area contributed by atoms with Crippen molar-refractivity contribution in [3.63, 3.8) is 0 Å². The number of halogens is 1. The molecule has 2 aromatic rings. The molecule has 6 nitrogen and oxygen atoms in total. The zero-order valence-electron chi connectivity index (χ0n) is 22.4. The molecule has 4 N–H and O–H groups in total. The molecule has 1 heterocycles. The van der Waals surface area contributed by atoms with Crippen molar-refractivity contribution in [1.29, 1.82) is 0 Å². The van der Waals surface area contributed by atoms with Crippen LogP contribution in [0.1, 0.15) is 75.5 Å². The summed E-state index contributed by atoms with van der Waals surface area (Å²) in [6.45, 7) is 5.90. The minimum atomic E-state index is -0.567. The second kappa shape index (κ2) is 16.5. The smallest absolute Gasteiger partial charge is 0.317 e. The fourth-order valence-electron chi connectivity index (χ4n) is 4.75. The van der Waals surface area contributed by atoms with Crippen LogP contribution in [0.2, 0.25) is 5.02 Å². The molecule has 3 rings (SSSR count). The van der Waals surface area contributed by atoms with Crippen LogP contribution in [0.4, 0.5) is 10.5 Å². The number of benzene rings is 2. The van der Waals surface area contributed by atoms with E-state index in [0.29, 0.717) is 17.6 Å². The number of hydrogen-bond donors (Lipinski definition) is 4. The van der Waals surface area contributed by atoms with Gasteiger partial charge in [-0.05, 0) is 67.6 Å². The SMILES string of the molecule is CCCCCCCCNC(=O)N1CCC(Nc2ccc(CCNC[C@@H](O)c3cccc(Cl)c3)cc2)CC1. The summed E-state index contributed by atoms with van der Waals surface area (Å²) in [5.74, 6) is 0. The molecule has 0 saturated carbocycles. The molecule has 0 aromatic heterocycles. The van der Waals surface area contributed by atoms with Crippen LogP contribution in [0, 0.1) is 0 Å². The highest BCUT2D eigenvalue weighted by atomic mass is 35.5. The van der Waals surface area contributed by atoms with Crippen LogP contribution in [0.5, 0.6) is 0 Å². The maximum atomic E-state index is 12.4. The number of amides is 2. The highest BCUT2D eigenvalue weighted by Crippen LogP contribution is 2.19. The first-order valence-corrected chi connectivity index (χ1v) is 14.5. The van der Waals surface area contributed by atoms with Gasteiger partial charge in [0.05, 0.1) is 6.10 Å². The third-order valence-corrected chi connectivity index (χ3v) is 7.31. The van der Waals surface area contributed by atoms with Crippen LogP contribution in [-0.4, -0.2) is 54.8 Å². The van der Waals surface area contributed by atoms with Gasteiger partial charge in [-0.25, -0.2) is 4.79 Å². The van der Waals surface area contributed by atoms with Gasteiger partial charge >= 0.3 is 6.03 Å². The normalized spacial score (nSPS) is 14.9. The lowest BCUT2D eigenvalue weighted by Gasteiger charge is -2.33. The van der Waals surface area contributed by atoms with Crippen molar-refractivity contribution >= 4 is 23.3 Å². The average Bonchev–Trinajstić information content (AvgIpc) is 2.91. The predicted octanol–water partition coefficient (Wildman–Crippen LogP) is 6.15. The zero-order valence-corrected chi connectivity index (χ0v) is 23.1. The number of carbonyl (C=O) groups is 1. The van der Waals surface area contributed by atoms with E-state index in [2.05, 4.69) is 47.1 Å². The molecule has 1 atom stereocenters. The Morgan fingerprint density at radius 3 is 2.49 bits per heavy atom. The molecule has 2 amide bonds. The van der Waals surface area contributed by atoms with Crippen LogP contribution in [0.3, 0.4) is 0 Å². The highest BCUT2D eigenvalue weighted by molar-refractivity contribution is 6.30. The zero-order chi connectivity index (χ0) is 26.3. The summed E-state index contributed by atoms with van der Waals surface area (Å²) < 4.78 is 0. The van der Waals surface area contributed by atoms with Crippen molar-refractivity contribution in [3.8, 4) is 0 Å². The second-order valence-electron chi connectivity index (χ2n) is 10.1. The number of anilines is 1. The van der Waals surface area contributed by atoms with Crippen LogP contribution < -0.4 is 16.0 Å². The maximum Gasteiger partial charge on any atom is 0.317 e. The molecule has 1 aliphatic rings. The molecule has 2 aromatic carbocycles. The summed E-state index contributed by atoms with van der Waals surface area (Å²) in [5, 5.41) is 21.0. The molecule has 0 radical (unpaired) electrons. The molecular weight excluding hydrogens is 484 g/mol. The van der Waals surface area contributed by atoms with Gasteiger partial charge in [0.25, 0.3) is 0 Å². The maximum absolute atomic E-state index is 12.4. The fraction of sp³-hybridized carbons (Fsp3) is 0.567. The molecule has 1 saturated heterocycles. The molecule has 0 unspecified atom stereocenters. The summed E-state index contributed by atoms with van der Waals surface area (Å²) in [6.07, 6.45) is 9.70. The standard InChI is InChI=1S/C30H45ClN4O2/c1-2-3-4-5-6-7-18-33-30(37)35-20-16-28(17-21-35)34-27-13-11-24(12-14-27)15-19-32-23-29(36)25-9-8-10-26(31)22-25/h8-14,22,28-29,32,34,36H,2-7,15-21,23H2,1H3,(H,33,37)/t29-/m1/s1. The van der Waals surface area contributed by atoms with E-state index < -0.39 is 6.10 Å². The van der Waals surface area contributed by atoms with E-state index >= 15 is 0 Å². The molecule has 37 heavy (non-hydrogen) atoms. The largest absolute Gasteiger partial charge is 0.387 e. The Bertz CT molecular complexity index is 916. The van der Waals surface area contributed by atoms with Gasteiger partial charge in [0.15, 0.2) is 0 Å². The van der Waals surface area contributed by atoms with Gasteiger partial charge in [0.2, 0.25) is 0 Å². The number of urea groups is 1. The van der Waals surface area contributed by atoms with Gasteiger partial charge in [-0.2, -0.15) is 0 Å². The molecule has 0 spiro atoms. The minimum Gasteiger partial charge on any atom is -0.387 e. The van der Waals surface area contributed by atoms with E-state index in [1.165, 1.54) is 37.7 Å². The van der Waals surface area contributed by atoms with Crippen molar-refractivity contribution in [3.05, 3.63) is 64.7 Å². The number of aliphatic hydroxyl groups is 1. The first kappa shape index (κ1) is 29.3. The average molecular weight is 529 g/mol. The molecule has 7 heteroatoms. The number of aliphatic hydroxyl groups excluding tert-OH is 1. The Morgan fingerprint density at radius 2 is 1.76 bits per heavy atom. The van der Waals surface area contributed by atoms with Crippen molar-refractivity contribution in [2.75, 3.05) is 38.0 Å². The lowest BCUT2D eigenvalue weighted by atomic mass is 10.0. The first-order chi connectivity index (χ1) is 18.0. The Balaban J connectivity index is 1.27. The third kappa shape index (κ3) is 10.9. The van der Waals surface area contributed by atoms with Crippen LogP contribution in [0.15, 0.2) is 48.5 Å². The van der Waals surface area contributed by atoms with Crippen LogP contribution in [0.25, 0.3) is 0 Å². The summed E-state index contributed by atoms with van der Waals surface area (Å²) in [6, 6.07) is 16.4. The highest BCUT2D eigenvalue weighted by Gasteiger charge is 2.22. The predicted molar refractivity (Wildman–Crippen MR) is 154 cm³/mol. The van der Waals surface area contributed by atoms with Crippen molar-refractivity contribution in [1.82, 2.24) is 15.5 Å². The quantitative estimate of drug-likeness (QED) is 0.209. The number of nitrogens with zero attached hydrogens (tertiary/aromatic N) is 1. The second-order valence-corrected chi connectivity index (χ2v) is 10.6. The topological polar surface area (TPSA) is 76.6 Å². The lowest BCUT2D eigenvalue weighted by Crippen LogP contribution is -2.47. The van der Waals surface area contributed by atoms with Gasteiger partial charge in [-0.15, -0.1) is 0 Å². The lowest BCUT2D eigenvalue weighted by molar-refractivity contribution is 0.175. The summed E-state index contributed by atoms with van der Waals surface area (Å²) >= 11 is 6.00. The van der Waals surface area contributed by atoms with Gasteiger partial charge in [-0.3, -0.25) is 0 Å². The fourth-order valence-corrected chi connectivity index (χ4v) is 4.94. The summed E-state index contributed by atoms with van der Waals surface area (Å²) in [5.41, 5.74) is 3.21. The van der Waals surface area contributed by atoms with Gasteiger partial charge < -0.3 is 26.0 Å². The Labute approximate surface area is 228 Å². The minimum absolute atomic E-state index is 0.0880. The van der Waals surface area contributed by atoms with E-state index in [4.69, 9.17) is 11.6 Å². The Kier molecular flexibility index (Phi) is 13.1. The van der Waals surface area contributed by atoms with E-state index in [1.807, 2.05) is 23.1 Å². The van der Waals surface area contributed by atoms with E-state index in [9.17, 15) is 9.90 Å². The Morgan fingerprint density at radius 1 is 1.03 bits per heavy atom. The van der Waals surface area contributed by atoms with E-state index in [-0.39, 0.29) is 6.03 Å². The summed E-state index contributed by atoms with van der Waals surface area (Å²) in [4.78, 5) is 14.4. The number of hydrogen-bond acceptors (Lipinski definition) is 4.